The van der Waals surface area contributed by atoms with Crippen LogP contribution in [0.2, 0.25) is 0 Å². The van der Waals surface area contributed by atoms with Crippen LogP contribution >= 0.6 is 0 Å². The van der Waals surface area contributed by atoms with Crippen molar-refractivity contribution in [2.75, 3.05) is 13.7 Å². The van der Waals surface area contributed by atoms with Crippen molar-refractivity contribution in [1.82, 2.24) is 10.6 Å². The zero-order valence-corrected chi connectivity index (χ0v) is 17.7. The smallest absolute Gasteiger partial charge is 0.344 e. The number of amides is 3. The van der Waals surface area contributed by atoms with Gasteiger partial charge in [0.15, 0.2) is 24.2 Å². The lowest BCUT2D eigenvalue weighted by Crippen LogP contribution is -2.48. The van der Waals surface area contributed by atoms with E-state index < -0.39 is 30.6 Å². The fourth-order valence-corrected chi connectivity index (χ4v) is 3.20. The van der Waals surface area contributed by atoms with E-state index in [4.69, 9.17) is 14.2 Å². The number of urea groups is 1. The summed E-state index contributed by atoms with van der Waals surface area (Å²) in [5.74, 6) is -0.565. The molecular formula is C22H30N2O6. The lowest BCUT2D eigenvalue weighted by molar-refractivity contribution is -0.156. The van der Waals surface area contributed by atoms with Crippen LogP contribution in [-0.2, 0) is 14.3 Å². The molecule has 1 saturated carbocycles. The van der Waals surface area contributed by atoms with Crippen molar-refractivity contribution in [3.05, 3.63) is 29.8 Å². The Labute approximate surface area is 176 Å². The van der Waals surface area contributed by atoms with Gasteiger partial charge in [-0.25, -0.2) is 9.59 Å². The number of carbonyl (C=O) groups is 3. The van der Waals surface area contributed by atoms with Crippen LogP contribution in [0.4, 0.5) is 4.79 Å². The third-order valence-electron chi connectivity index (χ3n) is 4.75. The Hall–Kier alpha value is -3.03. The molecule has 0 heterocycles. The fourth-order valence-electron chi connectivity index (χ4n) is 3.20. The Morgan fingerprint density at radius 2 is 1.90 bits per heavy atom. The molecule has 1 aliphatic rings. The van der Waals surface area contributed by atoms with Crippen LogP contribution in [0.3, 0.4) is 0 Å². The monoisotopic (exact) mass is 418 g/mol. The summed E-state index contributed by atoms with van der Waals surface area (Å²) in [5, 5.41) is 4.99. The summed E-state index contributed by atoms with van der Waals surface area (Å²) in [4.78, 5) is 36.1. The van der Waals surface area contributed by atoms with Gasteiger partial charge in [-0.1, -0.05) is 37.5 Å². The van der Waals surface area contributed by atoms with Gasteiger partial charge in [-0.15, -0.1) is 0 Å². The standard InChI is InChI=1S/C22H30N2O6/c1-4-8-16-11-12-18(19(13-16)28-3)29-14-20(25)30-15(2)21(26)24-22(27)23-17-9-6-5-7-10-17/h4,8,11-13,15,17H,5-7,9-10,14H2,1-3H3,(H2,23,24,26,27)/b8-4+/t15-/m0/s1. The number of benzene rings is 1. The van der Waals surface area contributed by atoms with Crippen molar-refractivity contribution >= 4 is 24.0 Å². The number of methoxy groups -OCH3 is 1. The SMILES string of the molecule is C/C=C/c1ccc(OCC(=O)O[C@@H](C)C(=O)NC(=O)NC2CCCCC2)c(OC)c1. The topological polar surface area (TPSA) is 103 Å². The second-order valence-corrected chi connectivity index (χ2v) is 7.13. The van der Waals surface area contributed by atoms with Gasteiger partial charge in [-0.05, 0) is 44.4 Å². The highest BCUT2D eigenvalue weighted by molar-refractivity contribution is 5.97. The first-order valence-corrected chi connectivity index (χ1v) is 10.2. The minimum atomic E-state index is -1.13. The number of allylic oxidation sites excluding steroid dienone is 1. The highest BCUT2D eigenvalue weighted by Gasteiger charge is 2.22. The van der Waals surface area contributed by atoms with E-state index in [1.165, 1.54) is 20.5 Å². The van der Waals surface area contributed by atoms with Gasteiger partial charge in [0.1, 0.15) is 0 Å². The van der Waals surface area contributed by atoms with Gasteiger partial charge in [0, 0.05) is 6.04 Å². The van der Waals surface area contributed by atoms with Gasteiger partial charge >= 0.3 is 12.0 Å². The summed E-state index contributed by atoms with van der Waals surface area (Å²) in [6.07, 6.45) is 7.79. The summed E-state index contributed by atoms with van der Waals surface area (Å²) in [7, 11) is 1.50. The molecule has 8 heteroatoms. The van der Waals surface area contributed by atoms with E-state index in [1.807, 2.05) is 25.1 Å². The molecule has 1 atom stereocenters. The Balaban J connectivity index is 1.78. The molecule has 0 spiro atoms. The molecule has 1 aliphatic carbocycles. The Morgan fingerprint density at radius 3 is 2.57 bits per heavy atom. The van der Waals surface area contributed by atoms with E-state index in [9.17, 15) is 14.4 Å². The first-order valence-electron chi connectivity index (χ1n) is 10.2. The molecule has 30 heavy (non-hydrogen) atoms. The predicted molar refractivity (Wildman–Crippen MR) is 112 cm³/mol. The Morgan fingerprint density at radius 1 is 1.17 bits per heavy atom. The maximum Gasteiger partial charge on any atom is 0.344 e. The summed E-state index contributed by atoms with van der Waals surface area (Å²) >= 11 is 0. The van der Waals surface area contributed by atoms with E-state index in [0.29, 0.717) is 11.5 Å². The van der Waals surface area contributed by atoms with Crippen LogP contribution in [-0.4, -0.2) is 43.8 Å². The summed E-state index contributed by atoms with van der Waals surface area (Å²) in [6.45, 7) is 2.91. The lowest BCUT2D eigenvalue weighted by Gasteiger charge is -2.23. The van der Waals surface area contributed by atoms with Gasteiger partial charge < -0.3 is 19.5 Å². The zero-order chi connectivity index (χ0) is 21.9. The number of carbonyl (C=O) groups excluding carboxylic acids is 3. The number of esters is 1. The first-order chi connectivity index (χ1) is 14.4. The molecule has 1 aromatic rings. The molecule has 0 aromatic heterocycles. The lowest BCUT2D eigenvalue weighted by atomic mass is 9.96. The molecule has 0 unspecified atom stereocenters. The van der Waals surface area contributed by atoms with Crippen molar-refractivity contribution in [3.8, 4) is 11.5 Å². The van der Waals surface area contributed by atoms with Crippen molar-refractivity contribution in [1.29, 1.82) is 0 Å². The summed E-state index contributed by atoms with van der Waals surface area (Å²) in [6, 6.07) is 4.79. The van der Waals surface area contributed by atoms with Crippen LogP contribution in [0, 0.1) is 0 Å². The van der Waals surface area contributed by atoms with Crippen molar-refractivity contribution in [3.63, 3.8) is 0 Å². The third-order valence-corrected chi connectivity index (χ3v) is 4.75. The predicted octanol–water partition coefficient (Wildman–Crippen LogP) is 3.20. The van der Waals surface area contributed by atoms with Crippen LogP contribution in [0.1, 0.15) is 51.5 Å². The average Bonchev–Trinajstić information content (AvgIpc) is 2.73. The molecule has 1 fully saturated rings. The first kappa shape index (κ1) is 23.3. The van der Waals surface area contributed by atoms with E-state index in [0.717, 1.165) is 31.2 Å². The molecule has 164 valence electrons. The molecular weight excluding hydrogens is 388 g/mol. The van der Waals surface area contributed by atoms with Crippen molar-refractivity contribution in [2.24, 2.45) is 0 Å². The van der Waals surface area contributed by atoms with Gasteiger partial charge in [0.25, 0.3) is 5.91 Å². The minimum Gasteiger partial charge on any atom is -0.493 e. The Kier molecular flexibility index (Phi) is 9.18. The molecule has 0 aliphatic heterocycles. The summed E-state index contributed by atoms with van der Waals surface area (Å²) < 4.78 is 15.8. The molecule has 1 aromatic carbocycles. The second kappa shape index (κ2) is 11.8. The second-order valence-electron chi connectivity index (χ2n) is 7.13. The quantitative estimate of drug-likeness (QED) is 0.629. The van der Waals surface area contributed by atoms with E-state index in [-0.39, 0.29) is 6.04 Å². The average molecular weight is 418 g/mol. The van der Waals surface area contributed by atoms with Gasteiger partial charge in [0.05, 0.1) is 7.11 Å². The van der Waals surface area contributed by atoms with Crippen LogP contribution in [0.15, 0.2) is 24.3 Å². The molecule has 0 bridgehead atoms. The van der Waals surface area contributed by atoms with Gasteiger partial charge in [-0.2, -0.15) is 0 Å². The van der Waals surface area contributed by atoms with E-state index in [2.05, 4.69) is 10.6 Å². The highest BCUT2D eigenvalue weighted by Crippen LogP contribution is 2.28. The number of rotatable bonds is 8. The largest absolute Gasteiger partial charge is 0.493 e. The van der Waals surface area contributed by atoms with Gasteiger partial charge in [0.2, 0.25) is 0 Å². The number of imide groups is 1. The molecule has 8 nitrogen and oxygen atoms in total. The van der Waals surface area contributed by atoms with Crippen LogP contribution in [0.25, 0.3) is 6.08 Å². The van der Waals surface area contributed by atoms with Crippen molar-refractivity contribution < 1.29 is 28.6 Å². The maximum absolute atomic E-state index is 12.1. The van der Waals surface area contributed by atoms with Crippen molar-refractivity contribution in [2.45, 2.75) is 58.1 Å². The molecule has 3 amide bonds. The zero-order valence-electron chi connectivity index (χ0n) is 17.7. The molecule has 2 N–H and O–H groups in total. The van der Waals surface area contributed by atoms with Crippen LogP contribution in [0.5, 0.6) is 11.5 Å². The summed E-state index contributed by atoms with van der Waals surface area (Å²) in [5.41, 5.74) is 0.932. The number of ether oxygens (including phenoxy) is 3. The number of hydrogen-bond acceptors (Lipinski definition) is 6. The van der Waals surface area contributed by atoms with E-state index in [1.54, 1.807) is 12.1 Å². The maximum atomic E-state index is 12.1. The molecule has 0 saturated heterocycles. The third kappa shape index (κ3) is 7.42. The molecule has 0 radical (unpaired) electrons. The Bertz CT molecular complexity index is 771. The van der Waals surface area contributed by atoms with Gasteiger partial charge in [-0.3, -0.25) is 10.1 Å². The fraction of sp³-hybridized carbons (Fsp3) is 0.500. The number of nitrogens with one attached hydrogen (secondary N) is 2. The minimum absolute atomic E-state index is 0.0759. The van der Waals surface area contributed by atoms with E-state index >= 15 is 0 Å². The molecule has 2 rings (SSSR count). The highest BCUT2D eigenvalue weighted by atomic mass is 16.6. The normalized spacial score (nSPS) is 15.3. The van der Waals surface area contributed by atoms with Crippen LogP contribution < -0.4 is 20.1 Å². The number of hydrogen-bond donors (Lipinski definition) is 2.